The number of H-pyrrole nitrogens is 2. The quantitative estimate of drug-likeness (QED) is 0.254. The Kier molecular flexibility index (Phi) is 5.34. The van der Waals surface area contributed by atoms with E-state index in [0.717, 1.165) is 0 Å². The zero-order valence-corrected chi connectivity index (χ0v) is 13.3. The average molecular weight is 351 g/mol. The van der Waals surface area contributed by atoms with E-state index in [0.29, 0.717) is 5.69 Å². The van der Waals surface area contributed by atoms with Crippen LogP contribution in [0.25, 0.3) is 0 Å². The second-order valence-electron chi connectivity index (χ2n) is 5.33. The monoisotopic (exact) mass is 351 g/mol. The van der Waals surface area contributed by atoms with Gasteiger partial charge in [0, 0.05) is 6.42 Å². The number of carboxylic acid groups (broad SMARTS) is 1. The highest BCUT2D eigenvalue weighted by Gasteiger charge is 2.24. The fourth-order valence-electron chi connectivity index (χ4n) is 1.98. The van der Waals surface area contributed by atoms with E-state index in [1.54, 1.807) is 6.20 Å². The molecule has 2 heterocycles. The van der Waals surface area contributed by atoms with E-state index in [2.05, 4.69) is 25.7 Å². The number of nitrogens with two attached hydrogens (primary N) is 2. The number of carboxylic acids is 1. The second kappa shape index (κ2) is 7.44. The molecule has 25 heavy (non-hydrogen) atoms. The molecule has 12 nitrogen and oxygen atoms in total. The number of nitrogens with zero attached hydrogens (tertiary/aromatic N) is 2. The first-order valence-corrected chi connectivity index (χ1v) is 7.25. The standard InChI is InChI=1S/C13H18N8O4/c1-6(14)12(23)19-8(13(24)25)2-7-3-21(5-18-7)20-11-9(10(15)22)16-4-17-11/h3-6,8H,2,14H2,1H3,(H6,15,16,17,19,20,22,23,24,25)/p+1. The van der Waals surface area contributed by atoms with Crippen LogP contribution in [0, 0.1) is 0 Å². The number of aliphatic carboxylic acids is 1. The van der Waals surface area contributed by atoms with Crippen molar-refractivity contribution in [3.05, 3.63) is 30.2 Å². The maximum atomic E-state index is 11.6. The van der Waals surface area contributed by atoms with Crippen LogP contribution in [0.1, 0.15) is 23.1 Å². The van der Waals surface area contributed by atoms with Crippen LogP contribution < -0.4 is 26.9 Å². The van der Waals surface area contributed by atoms with E-state index in [1.165, 1.54) is 24.3 Å². The van der Waals surface area contributed by atoms with Crippen LogP contribution in [0.2, 0.25) is 0 Å². The number of hydrogen-bond acceptors (Lipinski definition) is 6. The molecule has 0 aliphatic rings. The summed E-state index contributed by atoms with van der Waals surface area (Å²) >= 11 is 0. The first kappa shape index (κ1) is 17.9. The van der Waals surface area contributed by atoms with Gasteiger partial charge in [-0.3, -0.25) is 9.59 Å². The Morgan fingerprint density at radius 2 is 2.12 bits per heavy atom. The van der Waals surface area contributed by atoms with Gasteiger partial charge in [-0.2, -0.15) is 0 Å². The topological polar surface area (TPSA) is 196 Å². The zero-order valence-electron chi connectivity index (χ0n) is 13.3. The molecule has 0 aliphatic heterocycles. The van der Waals surface area contributed by atoms with E-state index in [9.17, 15) is 19.5 Å². The van der Waals surface area contributed by atoms with Crippen LogP contribution in [0.3, 0.4) is 0 Å². The van der Waals surface area contributed by atoms with Crippen molar-refractivity contribution < 1.29 is 24.2 Å². The van der Waals surface area contributed by atoms with Crippen LogP contribution in [0.15, 0.2) is 18.9 Å². The van der Waals surface area contributed by atoms with Crippen molar-refractivity contribution in [2.75, 3.05) is 5.43 Å². The van der Waals surface area contributed by atoms with Crippen molar-refractivity contribution in [1.82, 2.24) is 20.3 Å². The van der Waals surface area contributed by atoms with E-state index < -0.39 is 29.9 Å². The highest BCUT2D eigenvalue weighted by atomic mass is 16.4. The molecule has 0 spiro atoms. The van der Waals surface area contributed by atoms with Gasteiger partial charge >= 0.3 is 5.97 Å². The Bertz CT molecular complexity index is 781. The Hall–Kier alpha value is -3.41. The number of amides is 2. The van der Waals surface area contributed by atoms with Crippen LogP contribution in [0.5, 0.6) is 0 Å². The van der Waals surface area contributed by atoms with Gasteiger partial charge in [-0.15, -0.1) is 4.68 Å². The molecule has 2 rings (SSSR count). The summed E-state index contributed by atoms with van der Waals surface area (Å²) in [5, 5.41) is 11.6. The van der Waals surface area contributed by atoms with Crippen molar-refractivity contribution in [3.63, 3.8) is 0 Å². The predicted molar refractivity (Wildman–Crippen MR) is 84.0 cm³/mol. The lowest BCUT2D eigenvalue weighted by Crippen LogP contribution is -2.48. The summed E-state index contributed by atoms with van der Waals surface area (Å²) in [7, 11) is 0. The van der Waals surface area contributed by atoms with Gasteiger partial charge in [0.25, 0.3) is 12.2 Å². The number of anilines is 1. The normalized spacial score (nSPS) is 13.0. The van der Waals surface area contributed by atoms with Gasteiger partial charge in [0.05, 0.1) is 12.4 Å². The molecule has 2 aromatic heterocycles. The van der Waals surface area contributed by atoms with Gasteiger partial charge in [-0.1, -0.05) is 0 Å². The number of primary amides is 1. The van der Waals surface area contributed by atoms with Crippen molar-refractivity contribution in [3.8, 4) is 0 Å². The zero-order chi connectivity index (χ0) is 18.6. The molecule has 134 valence electrons. The highest BCUT2D eigenvalue weighted by molar-refractivity contribution is 5.95. The SMILES string of the molecule is CC(N)C(=O)NC(Cc1c[n+](Nc2nc[nH]c2C(N)=O)c[nH]1)C(=O)O. The van der Waals surface area contributed by atoms with Gasteiger partial charge in [0.1, 0.15) is 11.7 Å². The number of carbonyl (C=O) groups is 3. The molecule has 2 atom stereocenters. The smallest absolute Gasteiger partial charge is 0.326 e. The van der Waals surface area contributed by atoms with Gasteiger partial charge < -0.3 is 26.9 Å². The van der Waals surface area contributed by atoms with Crippen LogP contribution in [-0.4, -0.2) is 49.9 Å². The summed E-state index contributed by atoms with van der Waals surface area (Å²) in [5.74, 6) is -2.22. The lowest BCUT2D eigenvalue weighted by molar-refractivity contribution is -0.641. The van der Waals surface area contributed by atoms with E-state index in [4.69, 9.17) is 11.5 Å². The third-order valence-electron chi connectivity index (χ3n) is 3.26. The molecular formula is C13H19N8O4+. The molecular weight excluding hydrogens is 332 g/mol. The van der Waals surface area contributed by atoms with Crippen LogP contribution >= 0.6 is 0 Å². The van der Waals surface area contributed by atoms with Crippen LogP contribution in [-0.2, 0) is 16.0 Å². The predicted octanol–water partition coefficient (Wildman–Crippen LogP) is -2.54. The Morgan fingerprint density at radius 1 is 1.40 bits per heavy atom. The minimum Gasteiger partial charge on any atom is -0.480 e. The molecule has 0 aromatic carbocycles. The molecule has 2 unspecified atom stereocenters. The van der Waals surface area contributed by atoms with Crippen molar-refractivity contribution in [2.45, 2.75) is 25.4 Å². The number of aromatic amines is 2. The Labute approximate surface area is 141 Å². The molecule has 2 amide bonds. The molecule has 2 aromatic rings. The van der Waals surface area contributed by atoms with Gasteiger partial charge in [0.2, 0.25) is 5.91 Å². The highest BCUT2D eigenvalue weighted by Crippen LogP contribution is 2.06. The summed E-state index contributed by atoms with van der Waals surface area (Å²) in [5.41, 5.74) is 14.0. The molecule has 0 aliphatic carbocycles. The first-order valence-electron chi connectivity index (χ1n) is 7.25. The maximum Gasteiger partial charge on any atom is 0.326 e. The number of imidazole rings is 2. The summed E-state index contributed by atoms with van der Waals surface area (Å²) in [6.45, 7) is 1.46. The third kappa shape index (κ3) is 4.54. The summed E-state index contributed by atoms with van der Waals surface area (Å²) < 4.78 is 1.43. The van der Waals surface area contributed by atoms with E-state index in [1.807, 2.05) is 0 Å². The third-order valence-corrected chi connectivity index (χ3v) is 3.26. The number of carbonyl (C=O) groups excluding carboxylic acids is 2. The molecule has 0 bridgehead atoms. The number of hydrogen-bond donors (Lipinski definition) is 7. The van der Waals surface area contributed by atoms with Gasteiger partial charge in [-0.25, -0.2) is 20.2 Å². The first-order chi connectivity index (χ1) is 11.8. The van der Waals surface area contributed by atoms with Crippen molar-refractivity contribution in [1.29, 1.82) is 0 Å². The number of rotatable bonds is 8. The van der Waals surface area contributed by atoms with Gasteiger partial charge in [-0.05, 0) is 6.92 Å². The molecule has 12 heteroatoms. The summed E-state index contributed by atoms with van der Waals surface area (Å²) in [6, 6.07) is -1.96. The van der Waals surface area contributed by atoms with Gasteiger partial charge in [0.15, 0.2) is 17.7 Å². The minimum atomic E-state index is -1.19. The van der Waals surface area contributed by atoms with Crippen molar-refractivity contribution in [2.24, 2.45) is 11.5 Å². The summed E-state index contributed by atoms with van der Waals surface area (Å²) in [4.78, 5) is 43.5. The molecule has 0 radical (unpaired) electrons. The number of aromatic nitrogens is 4. The second-order valence-corrected chi connectivity index (χ2v) is 5.33. The van der Waals surface area contributed by atoms with E-state index in [-0.39, 0.29) is 17.9 Å². The minimum absolute atomic E-state index is 0.00567. The van der Waals surface area contributed by atoms with E-state index >= 15 is 0 Å². The van der Waals surface area contributed by atoms with Crippen molar-refractivity contribution >= 4 is 23.6 Å². The maximum absolute atomic E-state index is 11.6. The lowest BCUT2D eigenvalue weighted by atomic mass is 10.1. The average Bonchev–Trinajstić information content (AvgIpc) is 3.16. The Morgan fingerprint density at radius 3 is 2.72 bits per heavy atom. The number of nitrogens with one attached hydrogen (secondary N) is 4. The Balaban J connectivity index is 2.06. The summed E-state index contributed by atoms with van der Waals surface area (Å²) in [6.07, 6.45) is 4.35. The fourth-order valence-corrected chi connectivity index (χ4v) is 1.98. The fraction of sp³-hybridized carbons (Fsp3) is 0.308. The van der Waals surface area contributed by atoms with Crippen LogP contribution in [0.4, 0.5) is 5.82 Å². The molecule has 0 saturated carbocycles. The largest absolute Gasteiger partial charge is 0.480 e. The molecule has 0 fully saturated rings. The molecule has 9 N–H and O–H groups in total. The molecule has 0 saturated heterocycles. The lowest BCUT2D eigenvalue weighted by Gasteiger charge is -2.14.